The second-order valence-corrected chi connectivity index (χ2v) is 4.58. The van der Waals surface area contributed by atoms with E-state index < -0.39 is 12.0 Å². The van der Waals surface area contributed by atoms with Crippen LogP contribution in [0.5, 0.6) is 0 Å². The molecule has 0 aliphatic rings. The highest BCUT2D eigenvalue weighted by Crippen LogP contribution is 2.26. The van der Waals surface area contributed by atoms with Gasteiger partial charge in [-0.25, -0.2) is 4.79 Å². The van der Waals surface area contributed by atoms with E-state index in [1.807, 2.05) is 0 Å². The Kier molecular flexibility index (Phi) is 7.18. The lowest BCUT2D eigenvalue weighted by molar-refractivity contribution is -0.145. The van der Waals surface area contributed by atoms with Crippen molar-refractivity contribution in [2.75, 3.05) is 19.7 Å². The molecule has 20 heavy (non-hydrogen) atoms. The number of azide groups is 1. The largest absolute Gasteiger partial charge is 0.465 e. The van der Waals surface area contributed by atoms with Gasteiger partial charge >= 0.3 is 5.97 Å². The third-order valence-corrected chi connectivity index (χ3v) is 3.16. The van der Waals surface area contributed by atoms with Crippen LogP contribution in [0.3, 0.4) is 0 Å². The van der Waals surface area contributed by atoms with Crippen LogP contribution in [0.15, 0.2) is 23.3 Å². The van der Waals surface area contributed by atoms with Crippen molar-refractivity contribution in [3.8, 4) is 0 Å². The quantitative estimate of drug-likeness (QED) is 0.274. The Balaban J connectivity index is 2.87. The third kappa shape index (κ3) is 4.90. The summed E-state index contributed by atoms with van der Waals surface area (Å²) in [4.78, 5) is 14.6. The van der Waals surface area contributed by atoms with Crippen molar-refractivity contribution in [3.63, 3.8) is 0 Å². The number of esters is 1. The topological polar surface area (TPSA) is 87.1 Å². The molecule has 1 N–H and O–H groups in total. The van der Waals surface area contributed by atoms with E-state index in [1.54, 1.807) is 25.1 Å². The lowest BCUT2D eigenvalue weighted by atomic mass is 10.1. The molecular formula is C12H14Cl2N4O2. The van der Waals surface area contributed by atoms with Gasteiger partial charge in [-0.15, -0.1) is 0 Å². The molecule has 1 rings (SSSR count). The molecule has 0 aliphatic heterocycles. The molecule has 0 saturated carbocycles. The second kappa shape index (κ2) is 8.66. The normalized spacial score (nSPS) is 11.6. The first-order valence-corrected chi connectivity index (χ1v) is 6.71. The van der Waals surface area contributed by atoms with Crippen LogP contribution >= 0.6 is 23.2 Å². The number of nitrogens with zero attached hydrogens (tertiary/aromatic N) is 3. The number of nitrogens with one attached hydrogen (secondary N) is 1. The van der Waals surface area contributed by atoms with E-state index in [9.17, 15) is 4.79 Å². The summed E-state index contributed by atoms with van der Waals surface area (Å²) in [5, 5.41) is 7.12. The van der Waals surface area contributed by atoms with Crippen molar-refractivity contribution >= 4 is 29.2 Å². The van der Waals surface area contributed by atoms with Crippen LogP contribution < -0.4 is 5.32 Å². The number of hydrogen-bond acceptors (Lipinski definition) is 4. The van der Waals surface area contributed by atoms with Crippen LogP contribution in [0.1, 0.15) is 18.5 Å². The van der Waals surface area contributed by atoms with Crippen molar-refractivity contribution in [2.24, 2.45) is 5.11 Å². The van der Waals surface area contributed by atoms with Crippen LogP contribution in [-0.4, -0.2) is 25.7 Å². The molecule has 108 valence electrons. The summed E-state index contributed by atoms with van der Waals surface area (Å²) < 4.78 is 5.00. The number of hydrogen-bond donors (Lipinski definition) is 1. The van der Waals surface area contributed by atoms with Crippen molar-refractivity contribution in [3.05, 3.63) is 44.3 Å². The molecule has 0 aromatic heterocycles. The summed E-state index contributed by atoms with van der Waals surface area (Å²) in [7, 11) is 0. The maximum absolute atomic E-state index is 11.9. The molecule has 1 aromatic rings. The van der Waals surface area contributed by atoms with Crippen LogP contribution in [-0.2, 0) is 9.53 Å². The molecule has 0 saturated heterocycles. The maximum atomic E-state index is 11.9. The molecule has 1 aromatic carbocycles. The molecule has 0 aliphatic carbocycles. The van der Waals surface area contributed by atoms with E-state index in [0.717, 1.165) is 0 Å². The molecule has 8 heteroatoms. The van der Waals surface area contributed by atoms with Gasteiger partial charge in [0.25, 0.3) is 0 Å². The van der Waals surface area contributed by atoms with Crippen LogP contribution in [0.25, 0.3) is 10.4 Å². The number of carbonyl (C=O) groups is 1. The Morgan fingerprint density at radius 3 is 2.85 bits per heavy atom. The highest BCUT2D eigenvalue weighted by atomic mass is 35.5. The first-order chi connectivity index (χ1) is 9.60. The highest BCUT2D eigenvalue weighted by molar-refractivity contribution is 6.42. The number of halogens is 2. The van der Waals surface area contributed by atoms with Gasteiger partial charge in [0.15, 0.2) is 0 Å². The lowest BCUT2D eigenvalue weighted by Crippen LogP contribution is -2.32. The van der Waals surface area contributed by atoms with Crippen LogP contribution in [0.2, 0.25) is 10.0 Å². The summed E-state index contributed by atoms with van der Waals surface area (Å²) >= 11 is 11.8. The summed E-state index contributed by atoms with van der Waals surface area (Å²) in [5.41, 5.74) is 8.85. The minimum atomic E-state index is -0.682. The Morgan fingerprint density at radius 1 is 1.50 bits per heavy atom. The summed E-state index contributed by atoms with van der Waals surface area (Å²) in [6.45, 7) is 2.57. The Morgan fingerprint density at radius 2 is 2.25 bits per heavy atom. The SMILES string of the molecule is CCOC(=O)C(NCCN=[N+]=[N-])c1ccc(Cl)c(Cl)c1. The monoisotopic (exact) mass is 316 g/mol. The fourth-order valence-electron chi connectivity index (χ4n) is 1.56. The van der Waals surface area contributed by atoms with Gasteiger partial charge in [0, 0.05) is 18.0 Å². The number of carbonyl (C=O) groups excluding carboxylic acids is 1. The fraction of sp³-hybridized carbons (Fsp3) is 0.417. The predicted octanol–water partition coefficient (Wildman–Crippen LogP) is 3.50. The number of benzene rings is 1. The van der Waals surface area contributed by atoms with Gasteiger partial charge < -0.3 is 10.1 Å². The first kappa shape index (κ1) is 16.6. The standard InChI is InChI=1S/C12H14Cl2N4O2/c1-2-20-12(19)11(16-5-6-17-18-15)8-3-4-9(13)10(14)7-8/h3-4,7,11,16H,2,5-6H2,1H3. The van der Waals surface area contributed by atoms with E-state index >= 15 is 0 Å². The fourth-order valence-corrected chi connectivity index (χ4v) is 1.86. The van der Waals surface area contributed by atoms with Crippen molar-refractivity contribution < 1.29 is 9.53 Å². The first-order valence-electron chi connectivity index (χ1n) is 5.96. The lowest BCUT2D eigenvalue weighted by Gasteiger charge is -2.17. The van der Waals surface area contributed by atoms with Gasteiger partial charge in [-0.1, -0.05) is 34.4 Å². The van der Waals surface area contributed by atoms with Gasteiger partial charge in [0.2, 0.25) is 0 Å². The van der Waals surface area contributed by atoms with E-state index in [4.69, 9.17) is 33.5 Å². The molecule has 0 fully saturated rings. The third-order valence-electron chi connectivity index (χ3n) is 2.42. The van der Waals surface area contributed by atoms with Gasteiger partial charge in [0.05, 0.1) is 16.7 Å². The van der Waals surface area contributed by atoms with Gasteiger partial charge in [-0.3, -0.25) is 0 Å². The molecule has 0 heterocycles. The zero-order valence-electron chi connectivity index (χ0n) is 10.8. The minimum absolute atomic E-state index is 0.230. The molecule has 0 amide bonds. The summed E-state index contributed by atoms with van der Waals surface area (Å²) in [6.07, 6.45) is 0. The average molecular weight is 317 g/mol. The van der Waals surface area contributed by atoms with Crippen molar-refractivity contribution in [2.45, 2.75) is 13.0 Å². The average Bonchev–Trinajstić information content (AvgIpc) is 2.42. The molecule has 1 atom stereocenters. The molecule has 6 nitrogen and oxygen atoms in total. The zero-order chi connectivity index (χ0) is 15.0. The summed E-state index contributed by atoms with van der Waals surface area (Å²) in [5.74, 6) is -0.424. The molecule has 0 bridgehead atoms. The van der Waals surface area contributed by atoms with E-state index in [2.05, 4.69) is 15.3 Å². The smallest absolute Gasteiger partial charge is 0.327 e. The second-order valence-electron chi connectivity index (χ2n) is 3.77. The minimum Gasteiger partial charge on any atom is -0.465 e. The predicted molar refractivity (Wildman–Crippen MR) is 77.9 cm³/mol. The number of rotatable bonds is 7. The van der Waals surface area contributed by atoms with Crippen LogP contribution in [0, 0.1) is 0 Å². The highest BCUT2D eigenvalue weighted by Gasteiger charge is 2.21. The van der Waals surface area contributed by atoms with Crippen molar-refractivity contribution in [1.82, 2.24) is 5.32 Å². The van der Waals surface area contributed by atoms with Gasteiger partial charge in [-0.05, 0) is 30.2 Å². The molecule has 1 unspecified atom stereocenters. The van der Waals surface area contributed by atoms with Crippen LogP contribution in [0.4, 0.5) is 0 Å². The Labute approximate surface area is 126 Å². The number of ether oxygens (including phenoxy) is 1. The zero-order valence-corrected chi connectivity index (χ0v) is 12.4. The van der Waals surface area contributed by atoms with Gasteiger partial charge in [-0.2, -0.15) is 0 Å². The molecule has 0 spiro atoms. The Bertz CT molecular complexity index is 518. The van der Waals surface area contributed by atoms with E-state index in [0.29, 0.717) is 22.2 Å². The van der Waals surface area contributed by atoms with E-state index in [1.165, 1.54) is 0 Å². The van der Waals surface area contributed by atoms with Crippen molar-refractivity contribution in [1.29, 1.82) is 0 Å². The molecular weight excluding hydrogens is 303 g/mol. The van der Waals surface area contributed by atoms with Gasteiger partial charge in [0.1, 0.15) is 6.04 Å². The molecule has 0 radical (unpaired) electrons. The van der Waals surface area contributed by atoms with E-state index in [-0.39, 0.29) is 13.2 Å². The summed E-state index contributed by atoms with van der Waals surface area (Å²) in [6, 6.07) is 4.22. The maximum Gasteiger partial charge on any atom is 0.327 e. The Hall–Kier alpha value is -1.46.